The van der Waals surface area contributed by atoms with Crippen LogP contribution in [0.3, 0.4) is 0 Å². The first-order chi connectivity index (χ1) is 10.2. The summed E-state index contributed by atoms with van der Waals surface area (Å²) in [5.41, 5.74) is 0.148. The number of nitrogens with one attached hydrogen (secondary N) is 1. The van der Waals surface area contributed by atoms with E-state index in [1.807, 2.05) is 11.8 Å². The van der Waals surface area contributed by atoms with Crippen molar-refractivity contribution < 1.29 is 9.53 Å². The number of amidine groups is 1. The van der Waals surface area contributed by atoms with Crippen LogP contribution in [-0.2, 0) is 9.53 Å². The van der Waals surface area contributed by atoms with Crippen molar-refractivity contribution in [2.24, 2.45) is 4.99 Å². The predicted octanol–water partition coefficient (Wildman–Crippen LogP) is 1.63. The van der Waals surface area contributed by atoms with Gasteiger partial charge in [0.25, 0.3) is 0 Å². The molecular formula is C15H25N3O2S. The van der Waals surface area contributed by atoms with Crippen LogP contribution in [-0.4, -0.2) is 59.6 Å². The first-order valence-electron chi connectivity index (χ1n) is 8.04. The quantitative estimate of drug-likeness (QED) is 0.842. The monoisotopic (exact) mass is 311 g/mol. The molecule has 3 aliphatic rings. The molecule has 0 saturated carbocycles. The molecule has 1 unspecified atom stereocenters. The topological polar surface area (TPSA) is 53.9 Å². The standard InChI is InChI=1S/C15H25N3O2S/c1-12(13(19)18-7-3-2-4-8-18)16-14-17-15(11-21-14)5-9-20-10-6-15/h12H,2-11H2,1H3,(H,16,17). The largest absolute Gasteiger partial charge is 0.381 e. The van der Waals surface area contributed by atoms with E-state index in [0.29, 0.717) is 0 Å². The van der Waals surface area contributed by atoms with Crippen LogP contribution >= 0.6 is 11.8 Å². The smallest absolute Gasteiger partial charge is 0.247 e. The van der Waals surface area contributed by atoms with Crippen molar-refractivity contribution in [1.82, 2.24) is 10.2 Å². The summed E-state index contributed by atoms with van der Waals surface area (Å²) in [5.74, 6) is 1.22. The Balaban J connectivity index is 1.58. The lowest BCUT2D eigenvalue weighted by Crippen LogP contribution is -2.48. The van der Waals surface area contributed by atoms with Gasteiger partial charge in [-0.15, -0.1) is 0 Å². The minimum atomic E-state index is -0.270. The van der Waals surface area contributed by atoms with Crippen LogP contribution in [0.5, 0.6) is 0 Å². The average molecular weight is 311 g/mol. The summed E-state index contributed by atoms with van der Waals surface area (Å²) in [6, 6.07) is -0.270. The summed E-state index contributed by atoms with van der Waals surface area (Å²) in [4.78, 5) is 19.0. The van der Waals surface area contributed by atoms with Gasteiger partial charge in [0.05, 0.1) is 5.54 Å². The van der Waals surface area contributed by atoms with E-state index in [1.54, 1.807) is 11.8 Å². The average Bonchev–Trinajstić information content (AvgIpc) is 2.90. The molecule has 3 aliphatic heterocycles. The molecule has 3 fully saturated rings. The molecule has 0 bridgehead atoms. The molecule has 5 nitrogen and oxygen atoms in total. The molecule has 0 aromatic rings. The van der Waals surface area contributed by atoms with Crippen LogP contribution < -0.4 is 5.32 Å². The van der Waals surface area contributed by atoms with E-state index < -0.39 is 0 Å². The summed E-state index contributed by atoms with van der Waals surface area (Å²) >= 11 is 1.75. The van der Waals surface area contributed by atoms with Gasteiger partial charge in [-0.25, -0.2) is 4.99 Å². The summed E-state index contributed by atoms with van der Waals surface area (Å²) in [6.45, 7) is 5.36. The molecule has 118 valence electrons. The molecule has 3 rings (SSSR count). The van der Waals surface area contributed by atoms with Crippen molar-refractivity contribution in [3.8, 4) is 0 Å². The Kier molecular flexibility index (Phi) is 4.74. The number of piperidine rings is 1. The lowest BCUT2D eigenvalue weighted by Gasteiger charge is -2.32. The van der Waals surface area contributed by atoms with Gasteiger partial charge >= 0.3 is 0 Å². The Morgan fingerprint density at radius 3 is 2.76 bits per heavy atom. The van der Waals surface area contributed by atoms with Gasteiger partial charge in [0.2, 0.25) is 5.91 Å². The molecule has 0 aromatic heterocycles. The zero-order chi connectivity index (χ0) is 14.7. The highest BCUT2D eigenvalue weighted by Crippen LogP contribution is 2.32. The Labute approximate surface area is 130 Å². The SMILES string of the molecule is CC(N=C1NC2(CCOCC2)CS1)C(=O)N1CCCCC1. The van der Waals surface area contributed by atoms with Crippen molar-refractivity contribution in [2.75, 3.05) is 32.1 Å². The molecule has 1 amide bonds. The zero-order valence-corrected chi connectivity index (χ0v) is 13.6. The van der Waals surface area contributed by atoms with E-state index in [-0.39, 0.29) is 17.5 Å². The lowest BCUT2D eigenvalue weighted by molar-refractivity contribution is -0.132. The Hall–Kier alpha value is -0.750. The molecule has 3 heterocycles. The van der Waals surface area contributed by atoms with Crippen molar-refractivity contribution in [2.45, 2.75) is 50.6 Å². The number of carbonyl (C=O) groups is 1. The van der Waals surface area contributed by atoms with Gasteiger partial charge in [-0.1, -0.05) is 11.8 Å². The Morgan fingerprint density at radius 2 is 2.05 bits per heavy atom. The van der Waals surface area contributed by atoms with Crippen LogP contribution in [0.2, 0.25) is 0 Å². The Morgan fingerprint density at radius 1 is 1.33 bits per heavy atom. The van der Waals surface area contributed by atoms with Gasteiger partial charge in [-0.2, -0.15) is 0 Å². The minimum Gasteiger partial charge on any atom is -0.381 e. The molecule has 1 atom stereocenters. The van der Waals surface area contributed by atoms with E-state index in [9.17, 15) is 4.79 Å². The molecule has 3 saturated heterocycles. The second kappa shape index (κ2) is 6.57. The third-order valence-electron chi connectivity index (χ3n) is 4.64. The van der Waals surface area contributed by atoms with Crippen LogP contribution in [0, 0.1) is 0 Å². The number of hydrogen-bond acceptors (Lipinski definition) is 4. The number of rotatable bonds is 2. The maximum Gasteiger partial charge on any atom is 0.247 e. The van der Waals surface area contributed by atoms with E-state index >= 15 is 0 Å². The number of likely N-dealkylation sites (tertiary alicyclic amines) is 1. The normalized spacial score (nSPS) is 28.6. The van der Waals surface area contributed by atoms with Crippen molar-refractivity contribution in [1.29, 1.82) is 0 Å². The second-order valence-corrected chi connectivity index (χ2v) is 7.27. The summed E-state index contributed by atoms with van der Waals surface area (Å²) in [6.07, 6.45) is 5.58. The third-order valence-corrected chi connectivity index (χ3v) is 5.82. The molecule has 6 heteroatoms. The van der Waals surface area contributed by atoms with Crippen LogP contribution in [0.15, 0.2) is 4.99 Å². The lowest BCUT2D eigenvalue weighted by atomic mass is 9.93. The molecule has 1 N–H and O–H groups in total. The molecule has 21 heavy (non-hydrogen) atoms. The van der Waals surface area contributed by atoms with Crippen molar-refractivity contribution in [3.63, 3.8) is 0 Å². The van der Waals surface area contributed by atoms with E-state index in [0.717, 1.165) is 62.9 Å². The number of nitrogens with zero attached hydrogens (tertiary/aromatic N) is 2. The number of ether oxygens (including phenoxy) is 1. The van der Waals surface area contributed by atoms with E-state index in [4.69, 9.17) is 4.74 Å². The Bertz CT molecular complexity index is 415. The van der Waals surface area contributed by atoms with Crippen LogP contribution in [0.4, 0.5) is 0 Å². The fourth-order valence-corrected chi connectivity index (χ4v) is 4.51. The molecule has 0 aliphatic carbocycles. The third kappa shape index (κ3) is 3.54. The van der Waals surface area contributed by atoms with Gasteiger partial charge in [-0.05, 0) is 39.0 Å². The van der Waals surface area contributed by atoms with E-state index in [1.165, 1.54) is 6.42 Å². The summed E-state index contributed by atoms with van der Waals surface area (Å²) in [5, 5.41) is 4.50. The molecule has 0 aromatic carbocycles. The summed E-state index contributed by atoms with van der Waals surface area (Å²) < 4.78 is 5.44. The van der Waals surface area contributed by atoms with Gasteiger partial charge in [0.15, 0.2) is 5.17 Å². The molecular weight excluding hydrogens is 286 g/mol. The van der Waals surface area contributed by atoms with Gasteiger partial charge in [0.1, 0.15) is 6.04 Å². The second-order valence-electron chi connectivity index (χ2n) is 6.30. The number of hydrogen-bond donors (Lipinski definition) is 1. The summed E-state index contributed by atoms with van der Waals surface area (Å²) in [7, 11) is 0. The van der Waals surface area contributed by atoms with Crippen LogP contribution in [0.25, 0.3) is 0 Å². The number of thioether (sulfide) groups is 1. The predicted molar refractivity (Wildman–Crippen MR) is 85.7 cm³/mol. The minimum absolute atomic E-state index is 0.148. The first-order valence-corrected chi connectivity index (χ1v) is 9.02. The number of carbonyl (C=O) groups excluding carboxylic acids is 1. The van der Waals surface area contributed by atoms with Crippen molar-refractivity contribution >= 4 is 22.8 Å². The maximum absolute atomic E-state index is 12.4. The maximum atomic E-state index is 12.4. The fraction of sp³-hybridized carbons (Fsp3) is 0.867. The van der Waals surface area contributed by atoms with Crippen LogP contribution in [0.1, 0.15) is 39.0 Å². The first kappa shape index (κ1) is 15.2. The van der Waals surface area contributed by atoms with Gasteiger partial charge in [-0.3, -0.25) is 4.79 Å². The fourth-order valence-electron chi connectivity index (χ4n) is 3.22. The number of amides is 1. The molecule has 0 radical (unpaired) electrons. The molecule has 1 spiro atoms. The zero-order valence-electron chi connectivity index (χ0n) is 12.8. The van der Waals surface area contributed by atoms with Gasteiger partial charge < -0.3 is 15.0 Å². The highest BCUT2D eigenvalue weighted by atomic mass is 32.2. The van der Waals surface area contributed by atoms with Crippen molar-refractivity contribution in [3.05, 3.63) is 0 Å². The highest BCUT2D eigenvalue weighted by molar-refractivity contribution is 8.14. The number of aliphatic imine (C=N–C) groups is 1. The van der Waals surface area contributed by atoms with Gasteiger partial charge in [0, 0.05) is 32.1 Å². The highest BCUT2D eigenvalue weighted by Gasteiger charge is 2.39. The van der Waals surface area contributed by atoms with E-state index in [2.05, 4.69) is 10.3 Å².